The average molecular weight is 266 g/mol. The summed E-state index contributed by atoms with van der Waals surface area (Å²) in [6, 6.07) is 7.79. The number of carbonyl (C=O) groups excluding carboxylic acids is 1. The van der Waals surface area contributed by atoms with Gasteiger partial charge in [-0.05, 0) is 30.0 Å². The molecule has 0 saturated carbocycles. The minimum absolute atomic E-state index is 0.0536. The largest absolute Gasteiger partial charge is 0.491 e. The maximum Gasteiger partial charge on any atom is 0.308 e. The molecule has 0 amide bonds. The SMILES string of the molecule is COC(=O)C[C@H](O)COc1ccc(CC(C)C)cc1. The molecule has 0 fully saturated rings. The van der Waals surface area contributed by atoms with E-state index in [-0.39, 0.29) is 13.0 Å². The molecule has 1 rings (SSSR count). The van der Waals surface area contributed by atoms with Crippen molar-refractivity contribution in [1.82, 2.24) is 0 Å². The zero-order valence-electron chi connectivity index (χ0n) is 11.8. The molecule has 1 N–H and O–H groups in total. The van der Waals surface area contributed by atoms with E-state index in [1.165, 1.54) is 12.7 Å². The number of methoxy groups -OCH3 is 1. The molecule has 0 spiro atoms. The van der Waals surface area contributed by atoms with Crippen LogP contribution in [0.4, 0.5) is 0 Å². The predicted octanol–water partition coefficient (Wildman–Crippen LogP) is 2.19. The van der Waals surface area contributed by atoms with Crippen molar-refractivity contribution in [3.63, 3.8) is 0 Å². The molecule has 0 unspecified atom stereocenters. The molecule has 0 heterocycles. The lowest BCUT2D eigenvalue weighted by molar-refractivity contribution is -0.143. The molecule has 1 atom stereocenters. The lowest BCUT2D eigenvalue weighted by Crippen LogP contribution is -2.21. The fraction of sp³-hybridized carbons (Fsp3) is 0.533. The van der Waals surface area contributed by atoms with Gasteiger partial charge in [-0.1, -0.05) is 26.0 Å². The third-order valence-electron chi connectivity index (χ3n) is 2.64. The monoisotopic (exact) mass is 266 g/mol. The molecule has 4 nitrogen and oxygen atoms in total. The Morgan fingerprint density at radius 1 is 1.26 bits per heavy atom. The summed E-state index contributed by atoms with van der Waals surface area (Å²) < 4.78 is 9.89. The van der Waals surface area contributed by atoms with Gasteiger partial charge in [0.25, 0.3) is 0 Å². The van der Waals surface area contributed by atoms with E-state index >= 15 is 0 Å². The maximum atomic E-state index is 10.9. The third kappa shape index (κ3) is 6.25. The average Bonchev–Trinajstić information content (AvgIpc) is 2.37. The van der Waals surface area contributed by atoms with Crippen molar-refractivity contribution < 1.29 is 19.4 Å². The summed E-state index contributed by atoms with van der Waals surface area (Å²) in [5, 5.41) is 9.56. The number of ether oxygens (including phenoxy) is 2. The topological polar surface area (TPSA) is 55.8 Å². The van der Waals surface area contributed by atoms with Gasteiger partial charge in [-0.25, -0.2) is 0 Å². The highest BCUT2D eigenvalue weighted by Crippen LogP contribution is 2.15. The highest BCUT2D eigenvalue weighted by molar-refractivity contribution is 5.69. The van der Waals surface area contributed by atoms with Crippen molar-refractivity contribution in [2.24, 2.45) is 5.92 Å². The second kappa shape index (κ2) is 7.79. The van der Waals surface area contributed by atoms with Crippen LogP contribution in [-0.2, 0) is 16.0 Å². The van der Waals surface area contributed by atoms with Crippen molar-refractivity contribution in [3.05, 3.63) is 29.8 Å². The molecule has 19 heavy (non-hydrogen) atoms. The fourth-order valence-electron chi connectivity index (χ4n) is 1.72. The van der Waals surface area contributed by atoms with Crippen molar-refractivity contribution in [2.75, 3.05) is 13.7 Å². The maximum absolute atomic E-state index is 10.9. The minimum Gasteiger partial charge on any atom is -0.491 e. The Kier molecular flexibility index (Phi) is 6.36. The van der Waals surface area contributed by atoms with E-state index in [1.54, 1.807) is 0 Å². The first-order valence-corrected chi connectivity index (χ1v) is 6.48. The number of hydrogen-bond acceptors (Lipinski definition) is 4. The van der Waals surface area contributed by atoms with Crippen LogP contribution in [0, 0.1) is 5.92 Å². The van der Waals surface area contributed by atoms with Gasteiger partial charge in [-0.2, -0.15) is 0 Å². The summed E-state index contributed by atoms with van der Waals surface area (Å²) in [7, 11) is 1.29. The summed E-state index contributed by atoms with van der Waals surface area (Å²) in [5.74, 6) is 0.869. The summed E-state index contributed by atoms with van der Waals surface area (Å²) in [6.07, 6.45) is 0.135. The first-order chi connectivity index (χ1) is 9.01. The number of hydrogen-bond donors (Lipinski definition) is 1. The molecule has 1 aromatic carbocycles. The Morgan fingerprint density at radius 3 is 2.42 bits per heavy atom. The molecular weight excluding hydrogens is 244 g/mol. The van der Waals surface area contributed by atoms with E-state index in [9.17, 15) is 9.90 Å². The van der Waals surface area contributed by atoms with E-state index in [2.05, 4.69) is 18.6 Å². The number of benzene rings is 1. The third-order valence-corrected chi connectivity index (χ3v) is 2.64. The van der Waals surface area contributed by atoms with Gasteiger partial charge in [0.2, 0.25) is 0 Å². The normalized spacial score (nSPS) is 12.3. The zero-order chi connectivity index (χ0) is 14.3. The first-order valence-electron chi connectivity index (χ1n) is 6.48. The molecule has 0 aromatic heterocycles. The van der Waals surface area contributed by atoms with Crippen molar-refractivity contribution >= 4 is 5.97 Å². The number of esters is 1. The highest BCUT2D eigenvalue weighted by atomic mass is 16.5. The van der Waals surface area contributed by atoms with E-state index in [0.29, 0.717) is 11.7 Å². The molecule has 0 aliphatic rings. The van der Waals surface area contributed by atoms with Gasteiger partial charge in [0.1, 0.15) is 12.4 Å². The van der Waals surface area contributed by atoms with Crippen LogP contribution in [0.3, 0.4) is 0 Å². The lowest BCUT2D eigenvalue weighted by atomic mass is 10.0. The molecule has 0 radical (unpaired) electrons. The Labute approximate surface area is 114 Å². The summed E-state index contributed by atoms with van der Waals surface area (Å²) in [5.41, 5.74) is 1.26. The lowest BCUT2D eigenvalue weighted by Gasteiger charge is -2.12. The Morgan fingerprint density at radius 2 is 1.89 bits per heavy atom. The van der Waals surface area contributed by atoms with Crippen molar-refractivity contribution in [2.45, 2.75) is 32.8 Å². The van der Waals surface area contributed by atoms with Gasteiger partial charge >= 0.3 is 5.97 Å². The van der Waals surface area contributed by atoms with Gasteiger partial charge in [0, 0.05) is 0 Å². The molecule has 0 aliphatic carbocycles. The minimum atomic E-state index is -0.845. The van der Waals surface area contributed by atoms with E-state index in [0.717, 1.165) is 6.42 Å². The van der Waals surface area contributed by atoms with Gasteiger partial charge in [-0.3, -0.25) is 4.79 Å². The molecule has 0 aliphatic heterocycles. The van der Waals surface area contributed by atoms with Crippen LogP contribution < -0.4 is 4.74 Å². The molecule has 0 bridgehead atoms. The summed E-state index contributed by atoms with van der Waals surface area (Å²) in [6.45, 7) is 4.43. The first kappa shape index (κ1) is 15.5. The number of aliphatic hydroxyl groups excluding tert-OH is 1. The number of carbonyl (C=O) groups is 1. The Hall–Kier alpha value is -1.55. The van der Waals surface area contributed by atoms with E-state index < -0.39 is 12.1 Å². The summed E-state index contributed by atoms with van der Waals surface area (Å²) >= 11 is 0. The van der Waals surface area contributed by atoms with E-state index in [4.69, 9.17) is 4.74 Å². The standard InChI is InChI=1S/C15H22O4/c1-11(2)8-12-4-6-14(7-5-12)19-10-13(16)9-15(17)18-3/h4-7,11,13,16H,8-10H2,1-3H3/t13-/m0/s1. The van der Waals surface area contributed by atoms with Crippen molar-refractivity contribution in [1.29, 1.82) is 0 Å². The number of rotatable bonds is 7. The molecule has 0 saturated heterocycles. The highest BCUT2D eigenvalue weighted by Gasteiger charge is 2.11. The van der Waals surface area contributed by atoms with Crippen molar-refractivity contribution in [3.8, 4) is 5.75 Å². The quantitative estimate of drug-likeness (QED) is 0.769. The van der Waals surface area contributed by atoms with E-state index in [1.807, 2.05) is 24.3 Å². The summed E-state index contributed by atoms with van der Waals surface area (Å²) in [4.78, 5) is 10.9. The van der Waals surface area contributed by atoms with Crippen LogP contribution in [0.5, 0.6) is 5.75 Å². The molecule has 106 valence electrons. The van der Waals surface area contributed by atoms with Gasteiger partial charge in [-0.15, -0.1) is 0 Å². The molecule has 4 heteroatoms. The zero-order valence-corrected chi connectivity index (χ0v) is 11.8. The van der Waals surface area contributed by atoms with Crippen LogP contribution in [0.2, 0.25) is 0 Å². The van der Waals surface area contributed by atoms with Gasteiger partial charge < -0.3 is 14.6 Å². The predicted molar refractivity (Wildman–Crippen MR) is 73.1 cm³/mol. The molecule has 1 aromatic rings. The van der Waals surface area contributed by atoms with Crippen LogP contribution >= 0.6 is 0 Å². The van der Waals surface area contributed by atoms with Crippen LogP contribution in [0.15, 0.2) is 24.3 Å². The molecular formula is C15H22O4. The number of aliphatic hydroxyl groups is 1. The van der Waals surface area contributed by atoms with Crippen LogP contribution in [-0.4, -0.2) is 30.9 Å². The van der Waals surface area contributed by atoms with Gasteiger partial charge in [0.05, 0.1) is 19.6 Å². The van der Waals surface area contributed by atoms with Crippen LogP contribution in [0.1, 0.15) is 25.8 Å². The van der Waals surface area contributed by atoms with Crippen LogP contribution in [0.25, 0.3) is 0 Å². The second-order valence-corrected chi connectivity index (χ2v) is 4.99. The van der Waals surface area contributed by atoms with Gasteiger partial charge in [0.15, 0.2) is 0 Å². The Balaban J connectivity index is 2.39. The fourth-order valence-corrected chi connectivity index (χ4v) is 1.72. The smallest absolute Gasteiger partial charge is 0.308 e. The second-order valence-electron chi connectivity index (χ2n) is 4.99. The Bertz CT molecular complexity index is 384.